The standard InChI is InChI=1S/C13H16N4O3S2/c1-3-11(18)14-12-15-16-13(21-12)22(19,20)17(4-2)10-8-6-5-7-9-10/h5-9H,3-4H2,1-2H3,(H,14,15,18). The Morgan fingerprint density at radius 2 is 1.91 bits per heavy atom. The number of benzene rings is 1. The third kappa shape index (κ3) is 3.42. The van der Waals surface area contributed by atoms with E-state index < -0.39 is 10.0 Å². The van der Waals surface area contributed by atoms with Gasteiger partial charge in [0.25, 0.3) is 14.4 Å². The van der Waals surface area contributed by atoms with Gasteiger partial charge < -0.3 is 5.32 Å². The number of para-hydroxylation sites is 1. The molecular weight excluding hydrogens is 324 g/mol. The average molecular weight is 340 g/mol. The molecule has 1 aromatic carbocycles. The van der Waals surface area contributed by atoms with Crippen LogP contribution in [0.3, 0.4) is 0 Å². The van der Waals surface area contributed by atoms with Crippen molar-refractivity contribution >= 4 is 38.1 Å². The number of carbonyl (C=O) groups excluding carboxylic acids is 1. The van der Waals surface area contributed by atoms with Gasteiger partial charge in [0.1, 0.15) is 0 Å². The fourth-order valence-corrected chi connectivity index (χ4v) is 4.25. The summed E-state index contributed by atoms with van der Waals surface area (Å²) >= 11 is 0.838. The quantitative estimate of drug-likeness (QED) is 0.813. The summed E-state index contributed by atoms with van der Waals surface area (Å²) in [6.07, 6.45) is 0.284. The van der Waals surface area contributed by atoms with Crippen LogP contribution in [-0.4, -0.2) is 31.1 Å². The highest BCUT2D eigenvalue weighted by atomic mass is 32.2. The second-order valence-corrected chi connectivity index (χ2v) is 7.29. The summed E-state index contributed by atoms with van der Waals surface area (Å²) in [4.78, 5) is 11.3. The molecule has 0 saturated heterocycles. The Labute approximate surface area is 133 Å². The lowest BCUT2D eigenvalue weighted by molar-refractivity contribution is -0.115. The molecule has 0 unspecified atom stereocenters. The molecule has 1 N–H and O–H groups in total. The summed E-state index contributed by atoms with van der Waals surface area (Å²) in [6.45, 7) is 3.70. The highest BCUT2D eigenvalue weighted by molar-refractivity contribution is 7.94. The number of aromatic nitrogens is 2. The van der Waals surface area contributed by atoms with Crippen LogP contribution in [0.15, 0.2) is 34.7 Å². The van der Waals surface area contributed by atoms with E-state index in [2.05, 4.69) is 15.5 Å². The van der Waals surface area contributed by atoms with Gasteiger partial charge in [0.15, 0.2) is 0 Å². The largest absolute Gasteiger partial charge is 0.301 e. The van der Waals surface area contributed by atoms with Gasteiger partial charge in [-0.2, -0.15) is 8.42 Å². The van der Waals surface area contributed by atoms with Gasteiger partial charge >= 0.3 is 0 Å². The number of anilines is 2. The SMILES string of the molecule is CCC(=O)Nc1nnc(S(=O)(=O)N(CC)c2ccccc2)s1. The summed E-state index contributed by atoms with van der Waals surface area (Å²) in [5.74, 6) is -0.240. The van der Waals surface area contributed by atoms with Gasteiger partial charge in [-0.25, -0.2) is 0 Å². The molecule has 118 valence electrons. The number of carbonyl (C=O) groups is 1. The van der Waals surface area contributed by atoms with Crippen molar-refractivity contribution in [2.24, 2.45) is 0 Å². The highest BCUT2D eigenvalue weighted by Gasteiger charge is 2.28. The topological polar surface area (TPSA) is 92.3 Å². The third-order valence-corrected chi connectivity index (χ3v) is 5.90. The van der Waals surface area contributed by atoms with E-state index >= 15 is 0 Å². The van der Waals surface area contributed by atoms with Gasteiger partial charge in [-0.05, 0) is 19.1 Å². The first kappa shape index (κ1) is 16.4. The highest BCUT2D eigenvalue weighted by Crippen LogP contribution is 2.27. The van der Waals surface area contributed by atoms with Crippen LogP contribution >= 0.6 is 11.3 Å². The van der Waals surface area contributed by atoms with Gasteiger partial charge in [-0.1, -0.05) is 36.5 Å². The van der Waals surface area contributed by atoms with Crippen molar-refractivity contribution in [3.63, 3.8) is 0 Å². The molecule has 2 aromatic rings. The lowest BCUT2D eigenvalue weighted by Crippen LogP contribution is -2.30. The Morgan fingerprint density at radius 1 is 1.23 bits per heavy atom. The molecular formula is C13H16N4O3S2. The van der Waals surface area contributed by atoms with Crippen LogP contribution in [-0.2, 0) is 14.8 Å². The second-order valence-electron chi connectivity index (χ2n) is 4.28. The van der Waals surface area contributed by atoms with E-state index in [1.165, 1.54) is 4.31 Å². The molecule has 0 spiro atoms. The summed E-state index contributed by atoms with van der Waals surface area (Å²) in [7, 11) is -3.80. The maximum Gasteiger partial charge on any atom is 0.293 e. The fourth-order valence-electron chi connectivity index (χ4n) is 1.75. The lowest BCUT2D eigenvalue weighted by Gasteiger charge is -2.20. The van der Waals surface area contributed by atoms with Crippen LogP contribution in [0.4, 0.5) is 10.8 Å². The van der Waals surface area contributed by atoms with E-state index in [1.807, 2.05) is 6.07 Å². The van der Waals surface area contributed by atoms with Gasteiger partial charge in [-0.3, -0.25) is 9.10 Å². The minimum absolute atomic E-state index is 0.149. The number of rotatable bonds is 6. The average Bonchev–Trinajstić information content (AvgIpc) is 2.98. The molecule has 0 aliphatic carbocycles. The predicted octanol–water partition coefficient (Wildman–Crippen LogP) is 2.10. The Morgan fingerprint density at radius 3 is 2.50 bits per heavy atom. The Kier molecular flexibility index (Phi) is 5.09. The van der Waals surface area contributed by atoms with Crippen molar-refractivity contribution in [2.75, 3.05) is 16.2 Å². The number of hydrogen-bond acceptors (Lipinski definition) is 6. The minimum Gasteiger partial charge on any atom is -0.301 e. The molecule has 0 bridgehead atoms. The number of sulfonamides is 1. The molecule has 0 fully saturated rings. The molecule has 0 aliphatic rings. The van der Waals surface area contributed by atoms with Gasteiger partial charge in [-0.15, -0.1) is 10.2 Å². The molecule has 0 radical (unpaired) electrons. The normalized spacial score (nSPS) is 11.2. The monoisotopic (exact) mass is 340 g/mol. The van der Waals surface area contributed by atoms with Crippen LogP contribution in [0.5, 0.6) is 0 Å². The van der Waals surface area contributed by atoms with E-state index in [9.17, 15) is 13.2 Å². The van der Waals surface area contributed by atoms with Crippen molar-refractivity contribution in [1.29, 1.82) is 0 Å². The van der Waals surface area contributed by atoms with Crippen molar-refractivity contribution in [3.8, 4) is 0 Å². The summed E-state index contributed by atoms with van der Waals surface area (Å²) in [5.41, 5.74) is 0.555. The zero-order valence-electron chi connectivity index (χ0n) is 12.2. The molecule has 7 nitrogen and oxygen atoms in total. The predicted molar refractivity (Wildman–Crippen MR) is 85.5 cm³/mol. The van der Waals surface area contributed by atoms with Crippen molar-refractivity contribution in [2.45, 2.75) is 24.6 Å². The molecule has 0 atom stereocenters. The number of amides is 1. The van der Waals surface area contributed by atoms with Gasteiger partial charge in [0.05, 0.1) is 5.69 Å². The number of hydrogen-bond donors (Lipinski definition) is 1. The Balaban J connectivity index is 2.31. The van der Waals surface area contributed by atoms with Crippen LogP contribution < -0.4 is 9.62 Å². The van der Waals surface area contributed by atoms with Crippen molar-refractivity contribution in [3.05, 3.63) is 30.3 Å². The maximum absolute atomic E-state index is 12.7. The van der Waals surface area contributed by atoms with E-state index in [0.717, 1.165) is 11.3 Å². The first-order chi connectivity index (χ1) is 10.5. The molecule has 0 saturated carbocycles. The minimum atomic E-state index is -3.80. The van der Waals surface area contributed by atoms with E-state index in [4.69, 9.17) is 0 Å². The summed E-state index contributed by atoms with van der Waals surface area (Å²) in [6, 6.07) is 8.76. The smallest absolute Gasteiger partial charge is 0.293 e. The van der Waals surface area contributed by atoms with Crippen LogP contribution in [0.1, 0.15) is 20.3 Å². The first-order valence-electron chi connectivity index (χ1n) is 6.70. The molecule has 0 aliphatic heterocycles. The molecule has 1 aromatic heterocycles. The molecule has 1 heterocycles. The van der Waals surface area contributed by atoms with Crippen molar-refractivity contribution < 1.29 is 13.2 Å². The Bertz CT molecular complexity index is 744. The summed E-state index contributed by atoms with van der Waals surface area (Å²) < 4.78 is 26.4. The molecule has 2 rings (SSSR count). The fraction of sp³-hybridized carbons (Fsp3) is 0.308. The zero-order chi connectivity index (χ0) is 16.2. The molecule has 9 heteroatoms. The lowest BCUT2D eigenvalue weighted by atomic mass is 10.3. The summed E-state index contributed by atoms with van der Waals surface area (Å²) in [5, 5.41) is 10.1. The second kappa shape index (κ2) is 6.84. The third-order valence-electron chi connectivity index (χ3n) is 2.82. The van der Waals surface area contributed by atoms with Crippen molar-refractivity contribution in [1.82, 2.24) is 10.2 Å². The number of nitrogens with zero attached hydrogens (tertiary/aromatic N) is 3. The van der Waals surface area contributed by atoms with E-state index in [0.29, 0.717) is 5.69 Å². The zero-order valence-corrected chi connectivity index (χ0v) is 13.8. The molecule has 22 heavy (non-hydrogen) atoms. The molecule has 1 amide bonds. The van der Waals surface area contributed by atoms with Gasteiger partial charge in [0, 0.05) is 13.0 Å². The van der Waals surface area contributed by atoms with Gasteiger partial charge in [0.2, 0.25) is 11.0 Å². The first-order valence-corrected chi connectivity index (χ1v) is 8.95. The van der Waals surface area contributed by atoms with E-state index in [1.54, 1.807) is 38.1 Å². The maximum atomic E-state index is 12.7. The van der Waals surface area contributed by atoms with E-state index in [-0.39, 0.29) is 28.3 Å². The van der Waals surface area contributed by atoms with Crippen LogP contribution in [0.2, 0.25) is 0 Å². The number of nitrogens with one attached hydrogen (secondary N) is 1. The van der Waals surface area contributed by atoms with Crippen LogP contribution in [0.25, 0.3) is 0 Å². The Hall–Kier alpha value is -2.00. The van der Waals surface area contributed by atoms with Crippen LogP contribution in [0, 0.1) is 0 Å².